The average Bonchev–Trinajstić information content (AvgIpc) is 2.51. The molecule has 0 amide bonds. The topological polar surface area (TPSA) is 34.4 Å². The van der Waals surface area contributed by atoms with Crippen LogP contribution in [0.25, 0.3) is 5.52 Å². The van der Waals surface area contributed by atoms with E-state index in [1.807, 2.05) is 22.7 Å². The molecule has 2 aromatic rings. The largest absolute Gasteiger partial charge is 0.306 e. The van der Waals surface area contributed by atoms with Crippen molar-refractivity contribution in [3.8, 4) is 0 Å². The molecule has 0 spiro atoms. The van der Waals surface area contributed by atoms with Crippen LogP contribution in [0.1, 0.15) is 5.56 Å². The fourth-order valence-corrected chi connectivity index (χ4v) is 1.18. The number of hydrogen-bond donors (Lipinski definition) is 0. The Bertz CT molecular complexity index is 406. The number of rotatable bonds is 2. The number of fused-ring (bicyclic) bond motifs is 1. The number of aldehydes is 1. The zero-order valence-electron chi connectivity index (χ0n) is 6.47. The summed E-state index contributed by atoms with van der Waals surface area (Å²) in [6.07, 6.45) is 6.79. The Labute approximate surface area is 69.7 Å². The minimum atomic E-state index is 0.466. The first-order valence-corrected chi connectivity index (χ1v) is 3.74. The molecule has 0 saturated heterocycles. The van der Waals surface area contributed by atoms with E-state index in [0.717, 1.165) is 17.4 Å². The second kappa shape index (κ2) is 2.77. The lowest BCUT2D eigenvalue weighted by molar-refractivity contribution is -0.107. The highest BCUT2D eigenvalue weighted by Gasteiger charge is 1.94. The summed E-state index contributed by atoms with van der Waals surface area (Å²) in [6, 6.07) is 3.89. The van der Waals surface area contributed by atoms with Crippen molar-refractivity contribution < 1.29 is 4.79 Å². The van der Waals surface area contributed by atoms with E-state index in [2.05, 4.69) is 4.98 Å². The summed E-state index contributed by atoms with van der Waals surface area (Å²) >= 11 is 0. The van der Waals surface area contributed by atoms with Gasteiger partial charge in [0.05, 0.1) is 18.0 Å². The molecule has 0 aliphatic rings. The van der Waals surface area contributed by atoms with Crippen molar-refractivity contribution in [1.29, 1.82) is 0 Å². The van der Waals surface area contributed by atoms with Gasteiger partial charge in [0.2, 0.25) is 0 Å². The summed E-state index contributed by atoms with van der Waals surface area (Å²) in [4.78, 5) is 14.2. The maximum absolute atomic E-state index is 10.2. The molecule has 12 heavy (non-hydrogen) atoms. The van der Waals surface area contributed by atoms with Gasteiger partial charge in [-0.25, -0.2) is 4.98 Å². The van der Waals surface area contributed by atoms with Gasteiger partial charge in [-0.2, -0.15) is 0 Å². The maximum atomic E-state index is 10.2. The molecule has 0 saturated carbocycles. The van der Waals surface area contributed by atoms with Crippen LogP contribution in [0.2, 0.25) is 0 Å². The zero-order chi connectivity index (χ0) is 8.39. The van der Waals surface area contributed by atoms with Crippen molar-refractivity contribution in [3.05, 3.63) is 36.4 Å². The third-order valence-electron chi connectivity index (χ3n) is 1.79. The maximum Gasteiger partial charge on any atom is 0.124 e. The monoisotopic (exact) mass is 160 g/mol. The Morgan fingerprint density at radius 2 is 2.42 bits per heavy atom. The van der Waals surface area contributed by atoms with Crippen LogP contribution in [0.5, 0.6) is 0 Å². The molecule has 3 heteroatoms. The SMILES string of the molecule is O=CCc1ccc2cncn2c1. The first-order valence-electron chi connectivity index (χ1n) is 3.74. The van der Waals surface area contributed by atoms with Crippen molar-refractivity contribution >= 4 is 11.8 Å². The highest BCUT2D eigenvalue weighted by molar-refractivity contribution is 5.56. The summed E-state index contributed by atoms with van der Waals surface area (Å²) in [5.74, 6) is 0. The molecule has 0 aromatic carbocycles. The predicted molar refractivity (Wildman–Crippen MR) is 45.0 cm³/mol. The average molecular weight is 160 g/mol. The van der Waals surface area contributed by atoms with Crippen LogP contribution in [0.4, 0.5) is 0 Å². The molecule has 0 aliphatic heterocycles. The van der Waals surface area contributed by atoms with E-state index < -0.39 is 0 Å². The Morgan fingerprint density at radius 3 is 3.25 bits per heavy atom. The van der Waals surface area contributed by atoms with Crippen molar-refractivity contribution in [2.45, 2.75) is 6.42 Å². The summed E-state index contributed by atoms with van der Waals surface area (Å²) in [5, 5.41) is 0. The van der Waals surface area contributed by atoms with Gasteiger partial charge in [-0.15, -0.1) is 0 Å². The Kier molecular flexibility index (Phi) is 1.63. The van der Waals surface area contributed by atoms with Gasteiger partial charge in [-0.05, 0) is 11.6 Å². The lowest BCUT2D eigenvalue weighted by atomic mass is 10.2. The number of aromatic nitrogens is 2. The van der Waals surface area contributed by atoms with Gasteiger partial charge in [0.1, 0.15) is 6.29 Å². The van der Waals surface area contributed by atoms with Crippen LogP contribution in [0, 0.1) is 0 Å². The first-order chi connectivity index (χ1) is 5.90. The standard InChI is InChI=1S/C9H8N2O/c12-4-3-8-1-2-9-5-10-7-11(9)6-8/h1-2,4-7H,3H2. The smallest absolute Gasteiger partial charge is 0.124 e. The van der Waals surface area contributed by atoms with Gasteiger partial charge >= 0.3 is 0 Å². The summed E-state index contributed by atoms with van der Waals surface area (Å²) in [6.45, 7) is 0. The second-order valence-electron chi connectivity index (χ2n) is 2.63. The van der Waals surface area contributed by atoms with Gasteiger partial charge < -0.3 is 9.20 Å². The predicted octanol–water partition coefficient (Wildman–Crippen LogP) is 1.08. The number of carbonyl (C=O) groups excluding carboxylic acids is 1. The third kappa shape index (κ3) is 1.09. The summed E-state index contributed by atoms with van der Waals surface area (Å²) in [7, 11) is 0. The number of imidazole rings is 1. The molecular formula is C9H8N2O. The zero-order valence-corrected chi connectivity index (χ0v) is 6.47. The molecule has 0 atom stereocenters. The summed E-state index contributed by atoms with van der Waals surface area (Å²) < 4.78 is 1.90. The minimum absolute atomic E-state index is 0.466. The Balaban J connectivity index is 2.52. The van der Waals surface area contributed by atoms with E-state index >= 15 is 0 Å². The molecule has 0 N–H and O–H groups in total. The highest BCUT2D eigenvalue weighted by Crippen LogP contribution is 2.05. The summed E-state index contributed by atoms with van der Waals surface area (Å²) in [5.41, 5.74) is 2.06. The molecule has 0 aliphatic carbocycles. The fraction of sp³-hybridized carbons (Fsp3) is 0.111. The van der Waals surface area contributed by atoms with Gasteiger partial charge in [-0.1, -0.05) is 6.07 Å². The van der Waals surface area contributed by atoms with Crippen LogP contribution >= 0.6 is 0 Å². The number of pyridine rings is 1. The molecule has 2 aromatic heterocycles. The fourth-order valence-electron chi connectivity index (χ4n) is 1.18. The molecule has 2 rings (SSSR count). The minimum Gasteiger partial charge on any atom is -0.306 e. The van der Waals surface area contributed by atoms with Gasteiger partial charge in [-0.3, -0.25) is 0 Å². The van der Waals surface area contributed by atoms with Crippen LogP contribution in [0.3, 0.4) is 0 Å². The van der Waals surface area contributed by atoms with Gasteiger partial charge in [0.15, 0.2) is 0 Å². The van der Waals surface area contributed by atoms with Crippen molar-refractivity contribution in [3.63, 3.8) is 0 Å². The number of carbonyl (C=O) groups is 1. The molecule has 60 valence electrons. The third-order valence-corrected chi connectivity index (χ3v) is 1.79. The molecule has 0 fully saturated rings. The normalized spacial score (nSPS) is 10.3. The molecule has 0 bridgehead atoms. The van der Waals surface area contributed by atoms with Crippen LogP contribution in [-0.2, 0) is 11.2 Å². The van der Waals surface area contributed by atoms with Gasteiger partial charge in [0, 0.05) is 12.6 Å². The van der Waals surface area contributed by atoms with Crippen molar-refractivity contribution in [2.24, 2.45) is 0 Å². The van der Waals surface area contributed by atoms with Crippen molar-refractivity contribution in [1.82, 2.24) is 9.38 Å². The molecule has 0 radical (unpaired) electrons. The van der Waals surface area contributed by atoms with E-state index in [-0.39, 0.29) is 0 Å². The first kappa shape index (κ1) is 7.03. The molecular weight excluding hydrogens is 152 g/mol. The lowest BCUT2D eigenvalue weighted by Gasteiger charge is -1.96. The van der Waals surface area contributed by atoms with Crippen LogP contribution in [0.15, 0.2) is 30.9 Å². The number of nitrogens with zero attached hydrogens (tertiary/aromatic N) is 2. The molecule has 2 heterocycles. The van der Waals surface area contributed by atoms with E-state index in [0.29, 0.717) is 6.42 Å². The molecule has 0 unspecified atom stereocenters. The van der Waals surface area contributed by atoms with Gasteiger partial charge in [0.25, 0.3) is 0 Å². The Morgan fingerprint density at radius 1 is 1.50 bits per heavy atom. The number of hydrogen-bond acceptors (Lipinski definition) is 2. The van der Waals surface area contributed by atoms with Crippen molar-refractivity contribution in [2.75, 3.05) is 0 Å². The second-order valence-corrected chi connectivity index (χ2v) is 2.63. The van der Waals surface area contributed by atoms with Crippen LogP contribution < -0.4 is 0 Å². The van der Waals surface area contributed by atoms with Crippen LogP contribution in [-0.4, -0.2) is 15.7 Å². The van der Waals surface area contributed by atoms with E-state index in [4.69, 9.17) is 0 Å². The Hall–Kier alpha value is -1.64. The van der Waals surface area contributed by atoms with E-state index in [9.17, 15) is 4.79 Å². The van der Waals surface area contributed by atoms with E-state index in [1.165, 1.54) is 0 Å². The quantitative estimate of drug-likeness (QED) is 0.616. The highest BCUT2D eigenvalue weighted by atomic mass is 16.1. The lowest BCUT2D eigenvalue weighted by Crippen LogP contribution is -1.89. The van der Waals surface area contributed by atoms with E-state index in [1.54, 1.807) is 12.5 Å². The molecule has 3 nitrogen and oxygen atoms in total.